The number of ether oxygens (including phenoxy) is 3. The molecular formula is C23H30N2O5S. The average Bonchev–Trinajstić information content (AvgIpc) is 2.74. The maximum atomic E-state index is 12.2. The van der Waals surface area contributed by atoms with Gasteiger partial charge in [-0.15, -0.1) is 0 Å². The molecule has 0 aromatic heterocycles. The fourth-order valence-electron chi connectivity index (χ4n) is 3.63. The van der Waals surface area contributed by atoms with E-state index in [1.165, 1.54) is 6.26 Å². The van der Waals surface area contributed by atoms with Gasteiger partial charge in [-0.2, -0.15) is 0 Å². The number of benzene rings is 2. The molecule has 168 valence electrons. The van der Waals surface area contributed by atoms with Crippen molar-refractivity contribution in [3.8, 4) is 11.5 Å². The first-order valence-corrected chi connectivity index (χ1v) is 12.3. The summed E-state index contributed by atoms with van der Waals surface area (Å²) >= 11 is 0. The number of nitrogens with two attached hydrogens (primary N) is 1. The van der Waals surface area contributed by atoms with Crippen molar-refractivity contribution in [3.63, 3.8) is 0 Å². The van der Waals surface area contributed by atoms with Gasteiger partial charge < -0.3 is 25.3 Å². The zero-order valence-electron chi connectivity index (χ0n) is 18.2. The molecule has 0 fully saturated rings. The minimum Gasteiger partial charge on any atom is -0.493 e. The largest absolute Gasteiger partial charge is 0.493 e. The molecule has 1 heterocycles. The third kappa shape index (κ3) is 5.92. The number of sulfone groups is 1. The minimum absolute atomic E-state index is 0.0922. The van der Waals surface area contributed by atoms with Crippen LogP contribution in [0.4, 0.5) is 11.4 Å². The van der Waals surface area contributed by atoms with Crippen LogP contribution in [0.2, 0.25) is 0 Å². The van der Waals surface area contributed by atoms with E-state index in [2.05, 4.69) is 5.32 Å². The fraction of sp³-hybridized carbons (Fsp3) is 0.391. The number of para-hydroxylation sites is 1. The Hall–Kier alpha value is -2.71. The number of methoxy groups -OCH3 is 1. The van der Waals surface area contributed by atoms with Crippen molar-refractivity contribution in [1.29, 1.82) is 0 Å². The molecule has 0 saturated carbocycles. The van der Waals surface area contributed by atoms with Gasteiger partial charge in [-0.3, -0.25) is 0 Å². The Morgan fingerprint density at radius 1 is 1.23 bits per heavy atom. The minimum atomic E-state index is -3.28. The van der Waals surface area contributed by atoms with Crippen molar-refractivity contribution in [1.82, 2.24) is 0 Å². The first kappa shape index (κ1) is 23.0. The lowest BCUT2D eigenvalue weighted by atomic mass is 9.98. The predicted octanol–water partition coefficient (Wildman–Crippen LogP) is 3.68. The van der Waals surface area contributed by atoms with Crippen LogP contribution in [0, 0.1) is 0 Å². The topological polar surface area (TPSA) is 99.9 Å². The Kier molecular flexibility index (Phi) is 7.46. The first-order valence-electron chi connectivity index (χ1n) is 10.2. The summed E-state index contributed by atoms with van der Waals surface area (Å²) in [6.45, 7) is 3.58. The second kappa shape index (κ2) is 10.1. The third-order valence-corrected chi connectivity index (χ3v) is 6.04. The van der Waals surface area contributed by atoms with Crippen LogP contribution in [-0.2, 0) is 14.6 Å². The second-order valence-electron chi connectivity index (χ2n) is 7.45. The van der Waals surface area contributed by atoms with Gasteiger partial charge in [0.25, 0.3) is 0 Å². The van der Waals surface area contributed by atoms with E-state index in [1.54, 1.807) is 13.2 Å². The Bertz CT molecular complexity index is 1050. The van der Waals surface area contributed by atoms with E-state index in [4.69, 9.17) is 19.9 Å². The third-order valence-electron chi connectivity index (χ3n) is 5.10. The summed E-state index contributed by atoms with van der Waals surface area (Å²) in [6.07, 6.45) is 4.04. The van der Waals surface area contributed by atoms with Crippen molar-refractivity contribution >= 4 is 26.8 Å². The van der Waals surface area contributed by atoms with E-state index < -0.39 is 15.9 Å². The zero-order chi connectivity index (χ0) is 22.4. The molecule has 0 bridgehead atoms. The molecule has 0 amide bonds. The first-order chi connectivity index (χ1) is 14.8. The monoisotopic (exact) mass is 446 g/mol. The number of hydrogen-bond donors (Lipinski definition) is 2. The van der Waals surface area contributed by atoms with Gasteiger partial charge >= 0.3 is 0 Å². The molecule has 0 radical (unpaired) electrons. The summed E-state index contributed by atoms with van der Waals surface area (Å²) in [4.78, 5) is 0. The number of hydrogen-bond acceptors (Lipinski definition) is 7. The van der Waals surface area contributed by atoms with Crippen molar-refractivity contribution < 1.29 is 22.6 Å². The highest BCUT2D eigenvalue weighted by molar-refractivity contribution is 7.90. The fourth-order valence-corrected chi connectivity index (χ4v) is 4.51. The molecule has 7 nitrogen and oxygen atoms in total. The van der Waals surface area contributed by atoms with E-state index in [9.17, 15) is 8.42 Å². The van der Waals surface area contributed by atoms with Crippen LogP contribution in [0.25, 0.3) is 5.57 Å². The molecule has 3 rings (SSSR count). The van der Waals surface area contributed by atoms with Crippen LogP contribution in [0.3, 0.4) is 0 Å². The Labute approximate surface area is 184 Å². The zero-order valence-corrected chi connectivity index (χ0v) is 19.0. The van der Waals surface area contributed by atoms with Crippen LogP contribution in [-0.4, -0.2) is 47.4 Å². The molecule has 8 heteroatoms. The molecule has 2 aromatic rings. The van der Waals surface area contributed by atoms with Gasteiger partial charge in [0.15, 0.2) is 11.5 Å². The summed E-state index contributed by atoms with van der Waals surface area (Å²) in [5.41, 5.74) is 10.6. The van der Waals surface area contributed by atoms with E-state index in [-0.39, 0.29) is 5.75 Å². The van der Waals surface area contributed by atoms with Gasteiger partial charge in [-0.1, -0.05) is 24.3 Å². The van der Waals surface area contributed by atoms with E-state index in [0.29, 0.717) is 42.7 Å². The summed E-state index contributed by atoms with van der Waals surface area (Å²) in [5.74, 6) is 1.07. The molecule has 0 saturated heterocycles. The van der Waals surface area contributed by atoms with Crippen LogP contribution >= 0.6 is 0 Å². The van der Waals surface area contributed by atoms with Gasteiger partial charge in [0.1, 0.15) is 9.84 Å². The molecule has 0 unspecified atom stereocenters. The Balaban J connectivity index is 1.98. The quantitative estimate of drug-likeness (QED) is 0.567. The highest BCUT2D eigenvalue weighted by Gasteiger charge is 2.21. The normalized spacial score (nSPS) is 15.1. The van der Waals surface area contributed by atoms with Crippen LogP contribution in [0.5, 0.6) is 11.5 Å². The van der Waals surface area contributed by atoms with E-state index >= 15 is 0 Å². The lowest BCUT2D eigenvalue weighted by Crippen LogP contribution is -2.21. The van der Waals surface area contributed by atoms with Gasteiger partial charge in [-0.25, -0.2) is 8.42 Å². The Morgan fingerprint density at radius 3 is 2.68 bits per heavy atom. The molecule has 3 N–H and O–H groups in total. The Morgan fingerprint density at radius 2 is 2.03 bits per heavy atom. The molecule has 1 atom stereocenters. The second-order valence-corrected chi connectivity index (χ2v) is 9.64. The van der Waals surface area contributed by atoms with Crippen LogP contribution in [0.15, 0.2) is 42.5 Å². The standard InChI is InChI=1S/C23H30N2O5S/c1-4-30-22-14-17(8-9-21(22)28-2)20(15-31(3,26)27)25-19-7-5-6-18(23(19)24)16-10-12-29-13-11-16/h5-10,14,20,25H,4,11-13,15,24H2,1-3H3/t20-/m1/s1. The van der Waals surface area contributed by atoms with Crippen LogP contribution in [0.1, 0.15) is 30.5 Å². The lowest BCUT2D eigenvalue weighted by molar-refractivity contribution is 0.161. The number of rotatable bonds is 9. The van der Waals surface area contributed by atoms with Crippen molar-refractivity contribution in [2.24, 2.45) is 0 Å². The highest BCUT2D eigenvalue weighted by atomic mass is 32.2. The summed E-state index contributed by atoms with van der Waals surface area (Å²) in [5, 5.41) is 3.35. The summed E-state index contributed by atoms with van der Waals surface area (Å²) < 4.78 is 40.8. The SMILES string of the molecule is CCOc1cc([C@@H](CS(C)(=O)=O)Nc2cccc(C3=CCOCC3)c2N)ccc1OC. The van der Waals surface area contributed by atoms with Gasteiger partial charge in [-0.05, 0) is 42.7 Å². The maximum absolute atomic E-state index is 12.2. The average molecular weight is 447 g/mol. The molecule has 0 spiro atoms. The molecule has 0 aliphatic carbocycles. The van der Waals surface area contributed by atoms with Gasteiger partial charge in [0.2, 0.25) is 0 Å². The van der Waals surface area contributed by atoms with Crippen molar-refractivity contribution in [3.05, 3.63) is 53.6 Å². The number of nitrogen functional groups attached to an aromatic ring is 1. The summed E-state index contributed by atoms with van der Waals surface area (Å²) in [6, 6.07) is 10.7. The van der Waals surface area contributed by atoms with E-state index in [1.807, 2.05) is 43.3 Å². The molecule has 1 aliphatic rings. The van der Waals surface area contributed by atoms with Crippen molar-refractivity contribution in [2.75, 3.05) is 50.0 Å². The molecule has 2 aromatic carbocycles. The molecular weight excluding hydrogens is 416 g/mol. The van der Waals surface area contributed by atoms with Gasteiger partial charge in [0, 0.05) is 11.8 Å². The molecule has 1 aliphatic heterocycles. The lowest BCUT2D eigenvalue weighted by Gasteiger charge is -2.24. The maximum Gasteiger partial charge on any atom is 0.161 e. The highest BCUT2D eigenvalue weighted by Crippen LogP contribution is 2.36. The van der Waals surface area contributed by atoms with Crippen LogP contribution < -0.4 is 20.5 Å². The van der Waals surface area contributed by atoms with Gasteiger partial charge in [0.05, 0.1) is 50.1 Å². The number of anilines is 2. The van der Waals surface area contributed by atoms with E-state index in [0.717, 1.165) is 23.1 Å². The molecule has 31 heavy (non-hydrogen) atoms. The predicted molar refractivity (Wildman–Crippen MR) is 125 cm³/mol. The summed E-state index contributed by atoms with van der Waals surface area (Å²) in [7, 11) is -1.71. The smallest absolute Gasteiger partial charge is 0.161 e. The van der Waals surface area contributed by atoms with Crippen molar-refractivity contribution in [2.45, 2.75) is 19.4 Å². The number of nitrogens with one attached hydrogen (secondary N) is 1.